The third kappa shape index (κ3) is 3.90. The highest BCUT2D eigenvalue weighted by Crippen LogP contribution is 2.09. The van der Waals surface area contributed by atoms with E-state index in [9.17, 15) is 14.4 Å². The average Bonchev–Trinajstić information content (AvgIpc) is 2.35. The Balaban J connectivity index is 3.15. The molecule has 0 saturated carbocycles. The minimum absolute atomic E-state index is 0.0555. The summed E-state index contributed by atoms with van der Waals surface area (Å²) in [4.78, 5) is 35.5. The van der Waals surface area contributed by atoms with E-state index in [4.69, 9.17) is 5.11 Å². The molecule has 0 aliphatic heterocycles. The van der Waals surface area contributed by atoms with Crippen molar-refractivity contribution in [2.45, 2.75) is 40.2 Å². The van der Waals surface area contributed by atoms with Crippen molar-refractivity contribution in [3.05, 3.63) is 27.2 Å². The number of carboxylic acids is 1. The zero-order valence-electron chi connectivity index (χ0n) is 12.9. The van der Waals surface area contributed by atoms with Crippen LogP contribution in [0.2, 0.25) is 0 Å². The smallest absolute Gasteiger partial charge is 0.326 e. The summed E-state index contributed by atoms with van der Waals surface area (Å²) in [5.41, 5.74) is 0.423. The molecule has 0 fully saturated rings. The number of aliphatic carboxylic acids is 1. The number of aryl methyl sites for hydroxylation is 2. The third-order valence-electron chi connectivity index (χ3n) is 3.26. The average molecular weight is 295 g/mol. The van der Waals surface area contributed by atoms with Gasteiger partial charge in [-0.2, -0.15) is 5.10 Å². The van der Waals surface area contributed by atoms with Crippen LogP contribution in [-0.4, -0.2) is 32.8 Å². The molecule has 1 amide bonds. The van der Waals surface area contributed by atoms with Crippen LogP contribution in [0.3, 0.4) is 0 Å². The van der Waals surface area contributed by atoms with Crippen molar-refractivity contribution in [2.75, 3.05) is 0 Å². The van der Waals surface area contributed by atoms with Crippen LogP contribution in [-0.2, 0) is 11.8 Å². The Hall–Kier alpha value is -2.18. The Morgan fingerprint density at radius 2 is 1.90 bits per heavy atom. The van der Waals surface area contributed by atoms with Gasteiger partial charge < -0.3 is 10.4 Å². The number of hydrogen-bond acceptors (Lipinski definition) is 4. The topological polar surface area (TPSA) is 101 Å². The predicted octanol–water partition coefficient (Wildman–Crippen LogP) is 0.626. The summed E-state index contributed by atoms with van der Waals surface area (Å²) in [6.07, 6.45) is 0.296. The van der Waals surface area contributed by atoms with Gasteiger partial charge in [-0.05, 0) is 31.7 Å². The zero-order chi connectivity index (χ0) is 16.3. The fourth-order valence-electron chi connectivity index (χ4n) is 2.04. The molecular weight excluding hydrogens is 274 g/mol. The highest BCUT2D eigenvalue weighted by molar-refractivity contribution is 5.97. The molecule has 2 N–H and O–H groups in total. The monoisotopic (exact) mass is 295 g/mol. The van der Waals surface area contributed by atoms with Crippen molar-refractivity contribution >= 4 is 11.9 Å². The van der Waals surface area contributed by atoms with Crippen molar-refractivity contribution in [3.63, 3.8) is 0 Å². The van der Waals surface area contributed by atoms with Gasteiger partial charge in [0.15, 0.2) is 0 Å². The largest absolute Gasteiger partial charge is 0.480 e. The van der Waals surface area contributed by atoms with E-state index in [1.54, 1.807) is 13.8 Å². The minimum atomic E-state index is -1.11. The van der Waals surface area contributed by atoms with Gasteiger partial charge in [0.2, 0.25) is 0 Å². The standard InChI is InChI=1S/C14H21N3O4/c1-7(2)6-10(14(20)21)15-12(18)11-8(3)9(4)16-17(5)13(11)19/h7,10H,6H2,1-5H3,(H,15,18)(H,20,21)/t10-/m0/s1. The van der Waals surface area contributed by atoms with Gasteiger partial charge in [-0.3, -0.25) is 9.59 Å². The number of aromatic nitrogens is 2. The minimum Gasteiger partial charge on any atom is -0.480 e. The maximum atomic E-state index is 12.3. The molecule has 0 aliphatic carbocycles. The van der Waals surface area contributed by atoms with Crippen molar-refractivity contribution in [3.8, 4) is 0 Å². The maximum Gasteiger partial charge on any atom is 0.326 e. The van der Waals surface area contributed by atoms with Crippen LogP contribution in [0.1, 0.15) is 41.9 Å². The fourth-order valence-corrected chi connectivity index (χ4v) is 2.04. The first-order valence-electron chi connectivity index (χ1n) is 6.73. The molecule has 0 spiro atoms. The number of amides is 1. The Bertz CT molecular complexity index is 619. The molecule has 21 heavy (non-hydrogen) atoms. The lowest BCUT2D eigenvalue weighted by Gasteiger charge is -2.17. The van der Waals surface area contributed by atoms with Gasteiger partial charge in [-0.15, -0.1) is 0 Å². The molecular formula is C14H21N3O4. The van der Waals surface area contributed by atoms with Gasteiger partial charge >= 0.3 is 5.97 Å². The molecule has 0 unspecified atom stereocenters. The van der Waals surface area contributed by atoms with E-state index in [1.807, 2.05) is 13.8 Å². The summed E-state index contributed by atoms with van der Waals surface area (Å²) < 4.78 is 1.08. The lowest BCUT2D eigenvalue weighted by atomic mass is 10.0. The van der Waals surface area contributed by atoms with E-state index in [1.165, 1.54) is 7.05 Å². The van der Waals surface area contributed by atoms with Crippen LogP contribution in [0.4, 0.5) is 0 Å². The number of carbonyl (C=O) groups excluding carboxylic acids is 1. The van der Waals surface area contributed by atoms with E-state index < -0.39 is 23.5 Å². The summed E-state index contributed by atoms with van der Waals surface area (Å²) in [6, 6.07) is -1.02. The van der Waals surface area contributed by atoms with Crippen LogP contribution < -0.4 is 10.9 Å². The zero-order valence-corrected chi connectivity index (χ0v) is 12.9. The molecule has 1 atom stereocenters. The van der Waals surface area contributed by atoms with Crippen molar-refractivity contribution in [2.24, 2.45) is 13.0 Å². The van der Waals surface area contributed by atoms with E-state index in [-0.39, 0.29) is 11.5 Å². The first-order chi connectivity index (χ1) is 9.65. The first-order valence-corrected chi connectivity index (χ1v) is 6.73. The second-order valence-electron chi connectivity index (χ2n) is 5.51. The summed E-state index contributed by atoms with van der Waals surface area (Å²) in [5.74, 6) is -1.68. The van der Waals surface area contributed by atoms with Gasteiger partial charge in [-0.1, -0.05) is 13.8 Å². The molecule has 0 aromatic carbocycles. The molecule has 0 radical (unpaired) electrons. The summed E-state index contributed by atoms with van der Waals surface area (Å²) in [6.45, 7) is 7.04. The molecule has 1 aromatic rings. The van der Waals surface area contributed by atoms with Gasteiger partial charge in [0, 0.05) is 7.05 Å². The van der Waals surface area contributed by atoms with Crippen LogP contribution in [0.15, 0.2) is 4.79 Å². The van der Waals surface area contributed by atoms with E-state index >= 15 is 0 Å². The quantitative estimate of drug-likeness (QED) is 0.829. The molecule has 1 aromatic heterocycles. The van der Waals surface area contributed by atoms with Crippen LogP contribution in [0, 0.1) is 19.8 Å². The van der Waals surface area contributed by atoms with Crippen molar-refractivity contribution in [1.29, 1.82) is 0 Å². The van der Waals surface area contributed by atoms with Gasteiger partial charge in [0.05, 0.1) is 5.69 Å². The van der Waals surface area contributed by atoms with E-state index in [2.05, 4.69) is 10.4 Å². The summed E-state index contributed by atoms with van der Waals surface area (Å²) in [5, 5.41) is 15.6. The second-order valence-corrected chi connectivity index (χ2v) is 5.51. The highest BCUT2D eigenvalue weighted by Gasteiger charge is 2.25. The first kappa shape index (κ1) is 16.9. The molecule has 0 aliphatic rings. The number of nitrogens with one attached hydrogen (secondary N) is 1. The highest BCUT2D eigenvalue weighted by atomic mass is 16.4. The van der Waals surface area contributed by atoms with E-state index in [0.29, 0.717) is 17.7 Å². The number of rotatable bonds is 5. The van der Waals surface area contributed by atoms with Gasteiger partial charge in [-0.25, -0.2) is 9.48 Å². The number of carboxylic acid groups (broad SMARTS) is 1. The number of nitrogens with zero attached hydrogens (tertiary/aromatic N) is 2. The summed E-state index contributed by atoms with van der Waals surface area (Å²) in [7, 11) is 1.45. The Labute approximate surface area is 123 Å². The third-order valence-corrected chi connectivity index (χ3v) is 3.26. The van der Waals surface area contributed by atoms with Gasteiger partial charge in [0.25, 0.3) is 11.5 Å². The Morgan fingerprint density at radius 3 is 2.38 bits per heavy atom. The van der Waals surface area contributed by atoms with Crippen molar-refractivity contribution in [1.82, 2.24) is 15.1 Å². The molecule has 7 heteroatoms. The van der Waals surface area contributed by atoms with Crippen LogP contribution in [0.25, 0.3) is 0 Å². The second kappa shape index (κ2) is 6.51. The van der Waals surface area contributed by atoms with Crippen molar-refractivity contribution < 1.29 is 14.7 Å². The lowest BCUT2D eigenvalue weighted by molar-refractivity contribution is -0.139. The maximum absolute atomic E-state index is 12.3. The van der Waals surface area contributed by atoms with Gasteiger partial charge in [0.1, 0.15) is 11.6 Å². The Kier molecular flexibility index (Phi) is 5.23. The molecule has 116 valence electrons. The molecule has 0 bridgehead atoms. The van der Waals surface area contributed by atoms with Crippen LogP contribution >= 0.6 is 0 Å². The fraction of sp³-hybridized carbons (Fsp3) is 0.571. The molecule has 1 rings (SSSR count). The molecule has 0 saturated heterocycles. The number of carbonyl (C=O) groups is 2. The van der Waals surface area contributed by atoms with Crippen LogP contribution in [0.5, 0.6) is 0 Å². The Morgan fingerprint density at radius 1 is 1.33 bits per heavy atom. The lowest BCUT2D eigenvalue weighted by Crippen LogP contribution is -2.44. The van der Waals surface area contributed by atoms with E-state index in [0.717, 1.165) is 4.68 Å². The molecule has 1 heterocycles. The predicted molar refractivity (Wildman–Crippen MR) is 77.3 cm³/mol. The molecule has 7 nitrogen and oxygen atoms in total. The SMILES string of the molecule is Cc1nn(C)c(=O)c(C(=O)N[C@@H](CC(C)C)C(=O)O)c1C. The normalized spacial score (nSPS) is 12.3. The summed E-state index contributed by atoms with van der Waals surface area (Å²) >= 11 is 0. The number of hydrogen-bond donors (Lipinski definition) is 2.